The second kappa shape index (κ2) is 5.07. The van der Waals surface area contributed by atoms with Gasteiger partial charge in [0.2, 0.25) is 0 Å². The molecule has 0 saturated carbocycles. The van der Waals surface area contributed by atoms with E-state index in [1.165, 1.54) is 0 Å². The van der Waals surface area contributed by atoms with E-state index in [0.29, 0.717) is 5.88 Å². The van der Waals surface area contributed by atoms with Gasteiger partial charge in [-0.2, -0.15) is 0 Å². The highest BCUT2D eigenvalue weighted by Crippen LogP contribution is 2.24. The number of hydrogen-bond donors (Lipinski definition) is 0. The highest BCUT2D eigenvalue weighted by atomic mass is 35.5. The number of benzene rings is 1. The van der Waals surface area contributed by atoms with Crippen molar-refractivity contribution in [1.29, 1.82) is 0 Å². The Morgan fingerprint density at radius 2 is 2.23 bits per heavy atom. The molecule has 0 aromatic heterocycles. The van der Waals surface area contributed by atoms with E-state index in [4.69, 9.17) is 16.3 Å². The third kappa shape index (κ3) is 2.59. The van der Waals surface area contributed by atoms with Gasteiger partial charge >= 0.3 is 0 Å². The average Bonchev–Trinajstić information content (AvgIpc) is 2.15. The Morgan fingerprint density at radius 1 is 1.46 bits per heavy atom. The minimum absolute atomic E-state index is 0.0920. The summed E-state index contributed by atoms with van der Waals surface area (Å²) in [6.45, 7) is 1.54. The fourth-order valence-electron chi connectivity index (χ4n) is 1.17. The van der Waals surface area contributed by atoms with E-state index < -0.39 is 6.67 Å². The molecule has 0 amide bonds. The molecule has 1 rings (SSSR count). The van der Waals surface area contributed by atoms with Gasteiger partial charge in [-0.1, -0.05) is 18.2 Å². The molecule has 0 aliphatic carbocycles. The van der Waals surface area contributed by atoms with Gasteiger partial charge in [0.25, 0.3) is 0 Å². The molecule has 1 aromatic carbocycles. The van der Waals surface area contributed by atoms with Gasteiger partial charge in [0.15, 0.2) is 0 Å². The second-order valence-corrected chi connectivity index (χ2v) is 3.00. The van der Waals surface area contributed by atoms with E-state index in [2.05, 4.69) is 0 Å². The first-order valence-electron chi connectivity index (χ1n) is 4.12. The quantitative estimate of drug-likeness (QED) is 0.682. The highest BCUT2D eigenvalue weighted by molar-refractivity contribution is 6.17. The fraction of sp³-hybridized carbons (Fsp3) is 0.400. The van der Waals surface area contributed by atoms with Crippen molar-refractivity contribution in [3.8, 4) is 5.75 Å². The highest BCUT2D eigenvalue weighted by Gasteiger charge is 2.04. The summed E-state index contributed by atoms with van der Waals surface area (Å²) in [5.41, 5.74) is 1.90. The molecule has 1 aromatic rings. The van der Waals surface area contributed by atoms with Crippen LogP contribution in [0.15, 0.2) is 18.2 Å². The van der Waals surface area contributed by atoms with Crippen molar-refractivity contribution >= 4 is 11.6 Å². The summed E-state index contributed by atoms with van der Waals surface area (Å²) in [6.07, 6.45) is 0. The van der Waals surface area contributed by atoms with E-state index in [-0.39, 0.29) is 6.61 Å². The van der Waals surface area contributed by atoms with Crippen LogP contribution in [-0.4, -0.2) is 13.3 Å². The minimum atomic E-state index is -0.476. The standard InChI is InChI=1S/C10H12ClFO/c1-8-3-2-4-9(7-11)10(8)13-6-5-12/h2-4H,5-7H2,1H3. The summed E-state index contributed by atoms with van der Waals surface area (Å²) < 4.78 is 17.1. The number of hydrogen-bond acceptors (Lipinski definition) is 1. The van der Waals surface area contributed by atoms with Crippen molar-refractivity contribution in [2.45, 2.75) is 12.8 Å². The molecule has 0 unspecified atom stereocenters. The third-order valence-corrected chi connectivity index (χ3v) is 2.05. The van der Waals surface area contributed by atoms with Crippen LogP contribution in [0.2, 0.25) is 0 Å². The van der Waals surface area contributed by atoms with Gasteiger partial charge in [-0.3, -0.25) is 0 Å². The molecular formula is C10H12ClFO. The Bertz CT molecular complexity index is 276. The van der Waals surface area contributed by atoms with Gasteiger partial charge in [-0.05, 0) is 12.5 Å². The molecule has 0 radical (unpaired) electrons. The number of para-hydroxylation sites is 1. The summed E-state index contributed by atoms with van der Waals surface area (Å²) >= 11 is 5.71. The van der Waals surface area contributed by atoms with Crippen molar-refractivity contribution in [2.75, 3.05) is 13.3 Å². The van der Waals surface area contributed by atoms with E-state index in [1.54, 1.807) is 0 Å². The first-order valence-corrected chi connectivity index (χ1v) is 4.66. The summed E-state index contributed by atoms with van der Waals surface area (Å²) in [5.74, 6) is 1.11. The first kappa shape index (κ1) is 10.3. The third-order valence-electron chi connectivity index (χ3n) is 1.76. The lowest BCUT2D eigenvalue weighted by Crippen LogP contribution is -2.02. The lowest BCUT2D eigenvalue weighted by atomic mass is 10.1. The molecule has 0 spiro atoms. The Kier molecular flexibility index (Phi) is 4.03. The van der Waals surface area contributed by atoms with Crippen molar-refractivity contribution in [2.24, 2.45) is 0 Å². The number of ether oxygens (including phenoxy) is 1. The zero-order valence-corrected chi connectivity index (χ0v) is 8.27. The maximum atomic E-state index is 11.9. The number of aryl methyl sites for hydroxylation is 1. The molecule has 1 nitrogen and oxygen atoms in total. The smallest absolute Gasteiger partial charge is 0.126 e. The van der Waals surface area contributed by atoms with Crippen LogP contribution in [0.1, 0.15) is 11.1 Å². The van der Waals surface area contributed by atoms with Crippen LogP contribution < -0.4 is 4.74 Å². The molecule has 0 atom stereocenters. The molecule has 0 heterocycles. The lowest BCUT2D eigenvalue weighted by molar-refractivity contribution is 0.270. The Morgan fingerprint density at radius 3 is 2.85 bits per heavy atom. The summed E-state index contributed by atoms with van der Waals surface area (Å²) in [7, 11) is 0. The van der Waals surface area contributed by atoms with Crippen molar-refractivity contribution in [3.05, 3.63) is 29.3 Å². The Labute approximate surface area is 82.5 Å². The van der Waals surface area contributed by atoms with Gasteiger partial charge in [0.1, 0.15) is 19.0 Å². The zero-order valence-electron chi connectivity index (χ0n) is 7.52. The second-order valence-electron chi connectivity index (χ2n) is 2.73. The Balaban J connectivity index is 2.87. The summed E-state index contributed by atoms with van der Waals surface area (Å²) in [6, 6.07) is 5.71. The largest absolute Gasteiger partial charge is 0.490 e. The normalized spacial score (nSPS) is 10.1. The maximum Gasteiger partial charge on any atom is 0.126 e. The molecule has 0 aliphatic rings. The molecule has 0 fully saturated rings. The van der Waals surface area contributed by atoms with E-state index in [1.807, 2.05) is 25.1 Å². The number of halogens is 2. The van der Waals surface area contributed by atoms with Crippen LogP contribution in [0.25, 0.3) is 0 Å². The Hall–Kier alpha value is -0.760. The van der Waals surface area contributed by atoms with E-state index in [9.17, 15) is 4.39 Å². The molecule has 0 saturated heterocycles. The van der Waals surface area contributed by atoms with Crippen molar-refractivity contribution in [1.82, 2.24) is 0 Å². The van der Waals surface area contributed by atoms with E-state index >= 15 is 0 Å². The van der Waals surface area contributed by atoms with Crippen LogP contribution >= 0.6 is 11.6 Å². The average molecular weight is 203 g/mol. The molecule has 13 heavy (non-hydrogen) atoms. The molecular weight excluding hydrogens is 191 g/mol. The SMILES string of the molecule is Cc1cccc(CCl)c1OCCF. The zero-order chi connectivity index (χ0) is 9.68. The van der Waals surface area contributed by atoms with Crippen LogP contribution in [0, 0.1) is 6.92 Å². The lowest BCUT2D eigenvalue weighted by Gasteiger charge is -2.10. The predicted molar refractivity (Wildman–Crippen MR) is 52.2 cm³/mol. The van der Waals surface area contributed by atoms with Crippen molar-refractivity contribution < 1.29 is 9.13 Å². The molecule has 0 aliphatic heterocycles. The molecule has 0 bridgehead atoms. The first-order chi connectivity index (χ1) is 6.29. The fourth-order valence-corrected chi connectivity index (χ4v) is 1.38. The van der Waals surface area contributed by atoms with Crippen LogP contribution in [0.3, 0.4) is 0 Å². The van der Waals surface area contributed by atoms with Gasteiger partial charge in [0, 0.05) is 5.56 Å². The predicted octanol–water partition coefficient (Wildman–Crippen LogP) is 3.08. The molecule has 72 valence electrons. The molecule has 3 heteroatoms. The topological polar surface area (TPSA) is 9.23 Å². The summed E-state index contributed by atoms with van der Waals surface area (Å²) in [5, 5.41) is 0. The van der Waals surface area contributed by atoms with Gasteiger partial charge in [-0.15, -0.1) is 11.6 Å². The van der Waals surface area contributed by atoms with Crippen molar-refractivity contribution in [3.63, 3.8) is 0 Å². The van der Waals surface area contributed by atoms with Crippen LogP contribution in [-0.2, 0) is 5.88 Å². The monoisotopic (exact) mass is 202 g/mol. The summed E-state index contributed by atoms with van der Waals surface area (Å²) in [4.78, 5) is 0. The van der Waals surface area contributed by atoms with Gasteiger partial charge < -0.3 is 4.74 Å². The van der Waals surface area contributed by atoms with Crippen LogP contribution in [0.4, 0.5) is 4.39 Å². The number of alkyl halides is 2. The van der Waals surface area contributed by atoms with Crippen LogP contribution in [0.5, 0.6) is 5.75 Å². The number of rotatable bonds is 4. The van der Waals surface area contributed by atoms with E-state index in [0.717, 1.165) is 16.9 Å². The minimum Gasteiger partial charge on any atom is -0.490 e. The van der Waals surface area contributed by atoms with Gasteiger partial charge in [0.05, 0.1) is 5.88 Å². The maximum absolute atomic E-state index is 11.9. The molecule has 0 N–H and O–H groups in total. The van der Waals surface area contributed by atoms with Gasteiger partial charge in [-0.25, -0.2) is 4.39 Å².